The third-order valence-corrected chi connectivity index (χ3v) is 2.30. The van der Waals surface area contributed by atoms with E-state index in [-0.39, 0.29) is 5.76 Å². The minimum absolute atomic E-state index is 0.0124. The van der Waals surface area contributed by atoms with Crippen molar-refractivity contribution in [1.82, 2.24) is 10.4 Å². The minimum Gasteiger partial charge on any atom is -0.436 e. The van der Waals surface area contributed by atoms with Gasteiger partial charge in [-0.25, -0.2) is 9.37 Å². The molecule has 0 amide bonds. The van der Waals surface area contributed by atoms with Gasteiger partial charge in [-0.1, -0.05) is 13.2 Å². The van der Waals surface area contributed by atoms with Crippen molar-refractivity contribution in [2.45, 2.75) is 13.5 Å². The lowest BCUT2D eigenvalue weighted by molar-refractivity contribution is 0.404. The third-order valence-electron chi connectivity index (χ3n) is 2.30. The Morgan fingerprint density at radius 1 is 1.56 bits per heavy atom. The molecular weight excluding hydrogens is 233 g/mol. The van der Waals surface area contributed by atoms with E-state index in [9.17, 15) is 4.39 Å². The van der Waals surface area contributed by atoms with Crippen molar-refractivity contribution < 1.29 is 9.13 Å². The maximum Gasteiger partial charge on any atom is 0.219 e. The van der Waals surface area contributed by atoms with Crippen LogP contribution in [0.5, 0.6) is 5.88 Å². The maximum atomic E-state index is 13.3. The zero-order chi connectivity index (χ0) is 13.5. The molecule has 0 aromatic carbocycles. The number of aromatic nitrogens is 1. The van der Waals surface area contributed by atoms with Gasteiger partial charge in [0.2, 0.25) is 5.88 Å². The second-order valence-electron chi connectivity index (χ2n) is 3.55. The van der Waals surface area contributed by atoms with Crippen molar-refractivity contribution in [3.8, 4) is 5.88 Å². The molecule has 18 heavy (non-hydrogen) atoms. The first-order valence-corrected chi connectivity index (χ1v) is 5.33. The Morgan fingerprint density at radius 3 is 2.78 bits per heavy atom. The Kier molecular flexibility index (Phi) is 5.23. The number of hydrogen-bond donors (Lipinski definition) is 2. The molecule has 0 aliphatic carbocycles. The molecule has 1 rings (SSSR count). The van der Waals surface area contributed by atoms with Crippen LogP contribution in [0.15, 0.2) is 49.2 Å². The summed E-state index contributed by atoms with van der Waals surface area (Å²) in [6.45, 7) is 9.19. The molecule has 0 spiro atoms. The zero-order valence-electron chi connectivity index (χ0n) is 10.2. The molecule has 0 saturated carbocycles. The molecule has 4 nitrogen and oxygen atoms in total. The molecule has 1 heterocycles. The first-order valence-electron chi connectivity index (χ1n) is 5.33. The van der Waals surface area contributed by atoms with Crippen LogP contribution in [-0.4, -0.2) is 4.98 Å². The zero-order valence-corrected chi connectivity index (χ0v) is 10.2. The summed E-state index contributed by atoms with van der Waals surface area (Å²) in [5.74, 6) is 4.93. The van der Waals surface area contributed by atoms with Crippen molar-refractivity contribution >= 4 is 0 Å². The summed E-state index contributed by atoms with van der Waals surface area (Å²) >= 11 is 0. The molecule has 0 bridgehead atoms. The van der Waals surface area contributed by atoms with Crippen LogP contribution in [0.1, 0.15) is 11.1 Å². The van der Waals surface area contributed by atoms with Crippen LogP contribution in [0.3, 0.4) is 0 Å². The van der Waals surface area contributed by atoms with Gasteiger partial charge in [0.15, 0.2) is 11.6 Å². The normalized spacial score (nSPS) is 11.7. The van der Waals surface area contributed by atoms with Gasteiger partial charge in [-0.15, -0.1) is 0 Å². The highest BCUT2D eigenvalue weighted by Gasteiger charge is 2.06. The van der Waals surface area contributed by atoms with Crippen LogP contribution in [0, 0.1) is 6.92 Å². The van der Waals surface area contributed by atoms with Gasteiger partial charge in [0, 0.05) is 18.8 Å². The molecule has 5 heteroatoms. The molecular formula is C13H16FN3O. The molecule has 0 unspecified atom stereocenters. The smallest absolute Gasteiger partial charge is 0.219 e. The number of halogens is 1. The summed E-state index contributed by atoms with van der Waals surface area (Å²) in [5, 5.41) is 0. The van der Waals surface area contributed by atoms with Crippen molar-refractivity contribution in [2.24, 2.45) is 5.84 Å². The predicted octanol–water partition coefficient (Wildman–Crippen LogP) is 2.29. The van der Waals surface area contributed by atoms with Gasteiger partial charge in [-0.2, -0.15) is 0 Å². The van der Waals surface area contributed by atoms with Gasteiger partial charge in [-0.3, -0.25) is 11.3 Å². The highest BCUT2D eigenvalue weighted by atomic mass is 19.1. The number of allylic oxidation sites excluding steroid dienone is 3. The number of hydrogen-bond acceptors (Lipinski definition) is 4. The van der Waals surface area contributed by atoms with Crippen molar-refractivity contribution in [3.05, 3.63) is 60.3 Å². The second kappa shape index (κ2) is 6.68. The van der Waals surface area contributed by atoms with E-state index in [2.05, 4.69) is 23.6 Å². The van der Waals surface area contributed by atoms with Gasteiger partial charge in [0.25, 0.3) is 0 Å². The minimum atomic E-state index is -0.586. The molecule has 0 aliphatic rings. The van der Waals surface area contributed by atoms with Crippen molar-refractivity contribution in [2.75, 3.05) is 0 Å². The Morgan fingerprint density at radius 2 is 2.28 bits per heavy atom. The largest absolute Gasteiger partial charge is 0.436 e. The van der Waals surface area contributed by atoms with E-state index in [1.165, 1.54) is 6.08 Å². The summed E-state index contributed by atoms with van der Waals surface area (Å²) in [6, 6.07) is 1.70. The fraction of sp³-hybridized carbons (Fsp3) is 0.154. The summed E-state index contributed by atoms with van der Waals surface area (Å²) in [4.78, 5) is 4.06. The summed E-state index contributed by atoms with van der Waals surface area (Å²) < 4.78 is 18.6. The highest BCUT2D eigenvalue weighted by Crippen LogP contribution is 2.18. The van der Waals surface area contributed by atoms with Crippen molar-refractivity contribution in [3.63, 3.8) is 0 Å². The molecule has 1 aromatic heterocycles. The first kappa shape index (κ1) is 14.1. The van der Waals surface area contributed by atoms with E-state index in [1.54, 1.807) is 12.3 Å². The molecule has 1 aromatic rings. The number of aryl methyl sites for hydroxylation is 1. The maximum absolute atomic E-state index is 13.3. The number of pyridine rings is 1. The fourth-order valence-corrected chi connectivity index (χ4v) is 1.31. The molecule has 0 fully saturated rings. The van der Waals surface area contributed by atoms with Crippen LogP contribution in [0.4, 0.5) is 4.39 Å². The van der Waals surface area contributed by atoms with Crippen LogP contribution in [0.25, 0.3) is 0 Å². The lowest BCUT2D eigenvalue weighted by atomic mass is 10.1. The summed E-state index contributed by atoms with van der Waals surface area (Å²) in [5.41, 5.74) is 4.43. The van der Waals surface area contributed by atoms with E-state index in [1.807, 2.05) is 6.92 Å². The highest BCUT2D eigenvalue weighted by molar-refractivity contribution is 5.31. The predicted molar refractivity (Wildman–Crippen MR) is 69.2 cm³/mol. The third kappa shape index (κ3) is 3.51. The SMILES string of the molecule is C=C/C(F)=C(\C=C)Oc1cc(C)c(CNN)cn1. The lowest BCUT2D eigenvalue weighted by Gasteiger charge is -2.09. The molecule has 3 N–H and O–H groups in total. The van der Waals surface area contributed by atoms with Crippen LogP contribution in [0.2, 0.25) is 0 Å². The monoisotopic (exact) mass is 249 g/mol. The Bertz CT molecular complexity index is 483. The molecule has 0 aliphatic heterocycles. The van der Waals surface area contributed by atoms with E-state index in [0.29, 0.717) is 12.4 Å². The number of rotatable bonds is 6. The topological polar surface area (TPSA) is 60.2 Å². The van der Waals surface area contributed by atoms with Gasteiger partial charge in [0.05, 0.1) is 0 Å². The number of nitrogens with one attached hydrogen (secondary N) is 1. The number of nitrogens with zero attached hydrogens (tertiary/aromatic N) is 1. The van der Waals surface area contributed by atoms with Gasteiger partial charge in [0.1, 0.15) is 0 Å². The number of ether oxygens (including phenoxy) is 1. The summed E-state index contributed by atoms with van der Waals surface area (Å²) in [6.07, 6.45) is 3.94. The fourth-order valence-electron chi connectivity index (χ4n) is 1.31. The quantitative estimate of drug-likeness (QED) is 0.351. The average molecular weight is 249 g/mol. The number of hydrazine groups is 1. The molecule has 0 saturated heterocycles. The van der Waals surface area contributed by atoms with Gasteiger partial charge >= 0.3 is 0 Å². The number of nitrogens with two attached hydrogens (primary N) is 1. The van der Waals surface area contributed by atoms with Gasteiger partial charge < -0.3 is 4.74 Å². The van der Waals surface area contributed by atoms with E-state index < -0.39 is 5.83 Å². The second-order valence-corrected chi connectivity index (χ2v) is 3.55. The van der Waals surface area contributed by atoms with E-state index in [0.717, 1.165) is 17.2 Å². The average Bonchev–Trinajstić information content (AvgIpc) is 2.38. The standard InChI is InChI=1S/C13H16FN3O/c1-4-11(14)12(5-2)18-13-6-9(3)10(7-16-13)8-17-15/h4-7,17H,1-2,8,15H2,3H3/b12-11-. The Hall–Kier alpha value is -1.98. The molecule has 0 radical (unpaired) electrons. The molecule has 96 valence electrons. The van der Waals surface area contributed by atoms with Crippen LogP contribution < -0.4 is 16.0 Å². The lowest BCUT2D eigenvalue weighted by Crippen LogP contribution is -2.21. The Labute approximate surface area is 106 Å². The van der Waals surface area contributed by atoms with Crippen LogP contribution >= 0.6 is 0 Å². The van der Waals surface area contributed by atoms with E-state index >= 15 is 0 Å². The van der Waals surface area contributed by atoms with Crippen LogP contribution in [-0.2, 0) is 6.54 Å². The van der Waals surface area contributed by atoms with E-state index in [4.69, 9.17) is 10.6 Å². The van der Waals surface area contributed by atoms with Gasteiger partial charge in [-0.05, 0) is 30.2 Å². The first-order chi connectivity index (χ1) is 8.62. The summed E-state index contributed by atoms with van der Waals surface area (Å²) in [7, 11) is 0. The Balaban J connectivity index is 2.95. The molecule has 0 atom stereocenters. The van der Waals surface area contributed by atoms with Crippen molar-refractivity contribution in [1.29, 1.82) is 0 Å².